The summed E-state index contributed by atoms with van der Waals surface area (Å²) in [6.45, 7) is 3.91. The van der Waals surface area contributed by atoms with Crippen molar-refractivity contribution in [2.24, 2.45) is 0 Å². The van der Waals surface area contributed by atoms with Gasteiger partial charge in [-0.25, -0.2) is 8.42 Å². The van der Waals surface area contributed by atoms with Gasteiger partial charge in [0.1, 0.15) is 0 Å². The molecule has 24 heavy (non-hydrogen) atoms. The number of benzene rings is 2. The van der Waals surface area contributed by atoms with Crippen LogP contribution in [0.25, 0.3) is 0 Å². The molecule has 2 rings (SSSR count). The van der Waals surface area contributed by atoms with E-state index in [9.17, 15) is 13.2 Å². The van der Waals surface area contributed by atoms with E-state index < -0.39 is 10.0 Å². The van der Waals surface area contributed by atoms with Gasteiger partial charge in [-0.15, -0.1) is 0 Å². The third kappa shape index (κ3) is 4.72. The normalized spacial score (nSPS) is 12.5. The Morgan fingerprint density at radius 1 is 1.08 bits per heavy atom. The molecular formula is C17H19ClN2O3S. The number of halogens is 1. The van der Waals surface area contributed by atoms with Gasteiger partial charge in [0.25, 0.3) is 15.9 Å². The molecule has 0 saturated carbocycles. The maximum atomic E-state index is 12.3. The van der Waals surface area contributed by atoms with E-state index in [0.29, 0.717) is 16.3 Å². The number of sulfonamides is 1. The molecule has 2 N–H and O–H groups in total. The second kappa shape index (κ2) is 7.68. The Hall–Kier alpha value is -2.05. The molecule has 1 unspecified atom stereocenters. The lowest BCUT2D eigenvalue weighted by Gasteiger charge is -2.12. The maximum Gasteiger partial charge on any atom is 0.261 e. The van der Waals surface area contributed by atoms with Gasteiger partial charge in [0, 0.05) is 22.3 Å². The summed E-state index contributed by atoms with van der Waals surface area (Å²) in [6, 6.07) is 12.2. The summed E-state index contributed by atoms with van der Waals surface area (Å²) in [6.07, 6.45) is 0.838. The fraction of sp³-hybridized carbons (Fsp3) is 0.235. The van der Waals surface area contributed by atoms with Crippen LogP contribution in [-0.4, -0.2) is 20.4 Å². The van der Waals surface area contributed by atoms with Crippen molar-refractivity contribution in [1.82, 2.24) is 5.32 Å². The summed E-state index contributed by atoms with van der Waals surface area (Å²) in [5.74, 6) is -0.184. The monoisotopic (exact) mass is 366 g/mol. The summed E-state index contributed by atoms with van der Waals surface area (Å²) >= 11 is 5.76. The molecule has 7 heteroatoms. The van der Waals surface area contributed by atoms with Crippen LogP contribution in [0.1, 0.15) is 30.6 Å². The first-order chi connectivity index (χ1) is 11.3. The number of hydrogen-bond acceptors (Lipinski definition) is 3. The van der Waals surface area contributed by atoms with Crippen molar-refractivity contribution in [2.75, 3.05) is 4.72 Å². The van der Waals surface area contributed by atoms with Crippen LogP contribution >= 0.6 is 11.6 Å². The van der Waals surface area contributed by atoms with Gasteiger partial charge in [-0.05, 0) is 61.9 Å². The van der Waals surface area contributed by atoms with Crippen LogP contribution in [0, 0.1) is 0 Å². The number of hydrogen-bond donors (Lipinski definition) is 2. The van der Waals surface area contributed by atoms with Gasteiger partial charge in [-0.3, -0.25) is 9.52 Å². The Labute approximate surface area is 147 Å². The third-order valence-electron chi connectivity index (χ3n) is 3.51. The molecule has 0 bridgehead atoms. The highest BCUT2D eigenvalue weighted by Gasteiger charge is 2.14. The average molecular weight is 367 g/mol. The predicted molar refractivity (Wildman–Crippen MR) is 95.9 cm³/mol. The molecule has 2 aromatic carbocycles. The van der Waals surface area contributed by atoms with E-state index in [1.54, 1.807) is 24.3 Å². The van der Waals surface area contributed by atoms with E-state index in [1.807, 2.05) is 13.8 Å². The van der Waals surface area contributed by atoms with E-state index in [0.717, 1.165) is 6.42 Å². The van der Waals surface area contributed by atoms with Gasteiger partial charge >= 0.3 is 0 Å². The summed E-state index contributed by atoms with van der Waals surface area (Å²) in [4.78, 5) is 12.1. The molecular weight excluding hydrogens is 348 g/mol. The Kier molecular flexibility index (Phi) is 5.85. The van der Waals surface area contributed by atoms with Crippen LogP contribution in [0.2, 0.25) is 5.02 Å². The number of anilines is 1. The molecule has 2 aromatic rings. The topological polar surface area (TPSA) is 75.3 Å². The van der Waals surface area contributed by atoms with Crippen LogP contribution in [0.4, 0.5) is 5.69 Å². The number of amides is 1. The van der Waals surface area contributed by atoms with Crippen molar-refractivity contribution < 1.29 is 13.2 Å². The lowest BCUT2D eigenvalue weighted by molar-refractivity contribution is 0.0939. The molecule has 0 aliphatic rings. The van der Waals surface area contributed by atoms with E-state index in [-0.39, 0.29) is 16.8 Å². The SMILES string of the molecule is CCC(C)NC(=O)c1ccc(NS(=O)(=O)c2ccc(Cl)cc2)cc1. The minimum absolute atomic E-state index is 0.0839. The zero-order valence-electron chi connectivity index (χ0n) is 13.4. The van der Waals surface area contributed by atoms with E-state index in [4.69, 9.17) is 11.6 Å². The van der Waals surface area contributed by atoms with Crippen LogP contribution < -0.4 is 10.0 Å². The van der Waals surface area contributed by atoms with Crippen LogP contribution in [-0.2, 0) is 10.0 Å². The molecule has 0 aliphatic carbocycles. The molecule has 0 radical (unpaired) electrons. The van der Waals surface area contributed by atoms with E-state index in [2.05, 4.69) is 10.0 Å². The fourth-order valence-corrected chi connectivity index (χ4v) is 3.11. The number of carbonyl (C=O) groups is 1. The average Bonchev–Trinajstić information content (AvgIpc) is 2.55. The number of nitrogens with one attached hydrogen (secondary N) is 2. The van der Waals surface area contributed by atoms with Crippen LogP contribution in [0.15, 0.2) is 53.4 Å². The summed E-state index contributed by atoms with van der Waals surface area (Å²) in [5, 5.41) is 3.32. The Morgan fingerprint density at radius 3 is 2.21 bits per heavy atom. The Balaban J connectivity index is 2.11. The second-order valence-electron chi connectivity index (χ2n) is 5.42. The molecule has 128 valence electrons. The minimum Gasteiger partial charge on any atom is -0.350 e. The standard InChI is InChI=1S/C17H19ClN2O3S/c1-3-12(2)19-17(21)13-4-8-15(9-5-13)20-24(22,23)16-10-6-14(18)7-11-16/h4-12,20H,3H2,1-2H3,(H,19,21). The molecule has 0 saturated heterocycles. The molecule has 0 heterocycles. The fourth-order valence-electron chi connectivity index (χ4n) is 1.93. The molecule has 0 spiro atoms. The van der Waals surface area contributed by atoms with Crippen LogP contribution in [0.3, 0.4) is 0 Å². The minimum atomic E-state index is -3.70. The highest BCUT2D eigenvalue weighted by Crippen LogP contribution is 2.18. The van der Waals surface area contributed by atoms with E-state index >= 15 is 0 Å². The highest BCUT2D eigenvalue weighted by molar-refractivity contribution is 7.92. The molecule has 0 aliphatic heterocycles. The molecule has 0 aromatic heterocycles. The first-order valence-electron chi connectivity index (χ1n) is 7.51. The first kappa shape index (κ1) is 18.3. The van der Waals surface area contributed by atoms with Gasteiger partial charge in [-0.2, -0.15) is 0 Å². The van der Waals surface area contributed by atoms with Crippen molar-refractivity contribution in [3.63, 3.8) is 0 Å². The molecule has 1 atom stereocenters. The van der Waals surface area contributed by atoms with Gasteiger partial charge in [-0.1, -0.05) is 18.5 Å². The van der Waals surface area contributed by atoms with Gasteiger partial charge in [0.05, 0.1) is 4.90 Å². The van der Waals surface area contributed by atoms with Gasteiger partial charge in [0.2, 0.25) is 0 Å². The van der Waals surface area contributed by atoms with Crippen molar-refractivity contribution >= 4 is 33.2 Å². The molecule has 0 fully saturated rings. The quantitative estimate of drug-likeness (QED) is 0.819. The van der Waals surface area contributed by atoms with Crippen LogP contribution in [0.5, 0.6) is 0 Å². The van der Waals surface area contributed by atoms with E-state index in [1.165, 1.54) is 24.3 Å². The van der Waals surface area contributed by atoms with Crippen molar-refractivity contribution in [3.05, 3.63) is 59.1 Å². The predicted octanol–water partition coefficient (Wildman–Crippen LogP) is 3.67. The zero-order valence-corrected chi connectivity index (χ0v) is 15.0. The lowest BCUT2D eigenvalue weighted by Crippen LogP contribution is -2.31. The highest BCUT2D eigenvalue weighted by atomic mass is 35.5. The summed E-state index contributed by atoms with van der Waals surface area (Å²) in [7, 11) is -3.70. The number of rotatable bonds is 6. The first-order valence-corrected chi connectivity index (χ1v) is 9.37. The van der Waals surface area contributed by atoms with Gasteiger partial charge < -0.3 is 5.32 Å². The van der Waals surface area contributed by atoms with Crippen molar-refractivity contribution in [2.45, 2.75) is 31.2 Å². The Bertz CT molecular complexity index is 803. The molecule has 5 nitrogen and oxygen atoms in total. The van der Waals surface area contributed by atoms with Crippen molar-refractivity contribution in [1.29, 1.82) is 0 Å². The largest absolute Gasteiger partial charge is 0.350 e. The zero-order chi connectivity index (χ0) is 17.7. The summed E-state index contributed by atoms with van der Waals surface area (Å²) in [5.41, 5.74) is 0.856. The van der Waals surface area contributed by atoms with Crippen molar-refractivity contribution in [3.8, 4) is 0 Å². The smallest absolute Gasteiger partial charge is 0.261 e. The lowest BCUT2D eigenvalue weighted by atomic mass is 10.1. The third-order valence-corrected chi connectivity index (χ3v) is 5.16. The maximum absolute atomic E-state index is 12.3. The number of carbonyl (C=O) groups excluding carboxylic acids is 1. The summed E-state index contributed by atoms with van der Waals surface area (Å²) < 4.78 is 27.0. The Morgan fingerprint density at radius 2 is 1.67 bits per heavy atom. The molecule has 1 amide bonds. The van der Waals surface area contributed by atoms with Gasteiger partial charge in [0.15, 0.2) is 0 Å². The second-order valence-corrected chi connectivity index (χ2v) is 7.54.